The van der Waals surface area contributed by atoms with E-state index in [4.69, 9.17) is 15.2 Å². The lowest BCUT2D eigenvalue weighted by molar-refractivity contribution is 0.125. The number of rotatable bonds is 10. The highest BCUT2D eigenvalue weighted by Gasteiger charge is 2.17. The second-order valence-electron chi connectivity index (χ2n) is 6.88. The van der Waals surface area contributed by atoms with Gasteiger partial charge in [0.25, 0.3) is 0 Å². The van der Waals surface area contributed by atoms with Crippen molar-refractivity contribution in [2.24, 2.45) is 5.73 Å². The Morgan fingerprint density at radius 2 is 1.44 bits per heavy atom. The zero-order valence-electron chi connectivity index (χ0n) is 16.1. The molecule has 0 spiro atoms. The zero-order chi connectivity index (χ0) is 18.7. The summed E-state index contributed by atoms with van der Waals surface area (Å²) >= 11 is 0. The molecule has 5 heteroatoms. The van der Waals surface area contributed by atoms with E-state index in [1.807, 2.05) is 36.4 Å². The lowest BCUT2D eigenvalue weighted by atomic mass is 10.1. The molecule has 0 bridgehead atoms. The summed E-state index contributed by atoms with van der Waals surface area (Å²) in [6, 6.07) is 18.2. The van der Waals surface area contributed by atoms with Crippen LogP contribution in [0.5, 0.6) is 11.5 Å². The van der Waals surface area contributed by atoms with Gasteiger partial charge < -0.3 is 20.1 Å². The molecule has 27 heavy (non-hydrogen) atoms. The molecule has 0 amide bonds. The van der Waals surface area contributed by atoms with Gasteiger partial charge in [-0.2, -0.15) is 0 Å². The minimum Gasteiger partial charge on any atom is -0.490 e. The molecule has 1 aliphatic rings. The van der Waals surface area contributed by atoms with Gasteiger partial charge in [-0.3, -0.25) is 4.90 Å². The van der Waals surface area contributed by atoms with Gasteiger partial charge in [-0.15, -0.1) is 0 Å². The highest BCUT2D eigenvalue weighted by atomic mass is 16.5. The third-order valence-electron chi connectivity index (χ3n) is 4.86. The summed E-state index contributed by atoms with van der Waals surface area (Å²) in [5.41, 5.74) is 6.86. The van der Waals surface area contributed by atoms with Crippen LogP contribution < -0.4 is 15.2 Å². The van der Waals surface area contributed by atoms with Crippen molar-refractivity contribution in [2.45, 2.75) is 13.0 Å². The van der Waals surface area contributed by atoms with Gasteiger partial charge in [0.2, 0.25) is 0 Å². The Hall–Kier alpha value is -2.08. The molecule has 2 N–H and O–H groups in total. The Bertz CT molecular complexity index is 658. The topological polar surface area (TPSA) is 51.0 Å². The third kappa shape index (κ3) is 6.54. The molecule has 146 valence electrons. The predicted molar refractivity (Wildman–Crippen MR) is 109 cm³/mol. The Morgan fingerprint density at radius 1 is 0.778 bits per heavy atom. The average molecular weight is 370 g/mol. The molecule has 1 heterocycles. The number of piperazine rings is 1. The second kappa shape index (κ2) is 10.9. The molecule has 2 aromatic rings. The van der Waals surface area contributed by atoms with Gasteiger partial charge in [-0.25, -0.2) is 0 Å². The largest absolute Gasteiger partial charge is 0.490 e. The van der Waals surface area contributed by atoms with E-state index in [1.54, 1.807) is 0 Å². The summed E-state index contributed by atoms with van der Waals surface area (Å²) in [7, 11) is 0. The van der Waals surface area contributed by atoms with E-state index < -0.39 is 0 Å². The molecular weight excluding hydrogens is 338 g/mol. The minimum atomic E-state index is 0.540. The maximum Gasteiger partial charge on any atom is 0.123 e. The molecule has 5 nitrogen and oxygen atoms in total. The van der Waals surface area contributed by atoms with Crippen LogP contribution in [0.3, 0.4) is 0 Å². The normalized spacial score (nSPS) is 15.6. The van der Waals surface area contributed by atoms with Crippen LogP contribution in [-0.4, -0.2) is 62.3 Å². The van der Waals surface area contributed by atoms with Crippen LogP contribution in [0.2, 0.25) is 0 Å². The highest BCUT2D eigenvalue weighted by Crippen LogP contribution is 2.21. The van der Waals surface area contributed by atoms with Crippen LogP contribution in [0.4, 0.5) is 0 Å². The maximum atomic E-state index is 6.00. The van der Waals surface area contributed by atoms with Crippen LogP contribution in [-0.2, 0) is 6.54 Å². The van der Waals surface area contributed by atoms with Gasteiger partial charge in [-0.1, -0.05) is 36.4 Å². The first-order chi connectivity index (χ1) is 13.3. The first-order valence-electron chi connectivity index (χ1n) is 9.88. The number of hydrogen-bond donors (Lipinski definition) is 1. The summed E-state index contributed by atoms with van der Waals surface area (Å²) in [5, 5.41) is 0. The first kappa shape index (κ1) is 19.7. The number of ether oxygens (including phenoxy) is 2. The Morgan fingerprint density at radius 3 is 2.22 bits per heavy atom. The summed E-state index contributed by atoms with van der Waals surface area (Å²) < 4.78 is 11.7. The number of hydrogen-bond acceptors (Lipinski definition) is 5. The van der Waals surface area contributed by atoms with E-state index in [-0.39, 0.29) is 0 Å². The fourth-order valence-corrected chi connectivity index (χ4v) is 3.33. The minimum absolute atomic E-state index is 0.540. The Labute approximate surface area is 162 Å². The van der Waals surface area contributed by atoms with Crippen LogP contribution >= 0.6 is 0 Å². The van der Waals surface area contributed by atoms with Crippen molar-refractivity contribution in [1.29, 1.82) is 0 Å². The summed E-state index contributed by atoms with van der Waals surface area (Å²) in [5.74, 6) is 1.83. The maximum absolute atomic E-state index is 6.00. The van der Waals surface area contributed by atoms with Crippen molar-refractivity contribution in [2.75, 3.05) is 52.5 Å². The second-order valence-corrected chi connectivity index (χ2v) is 6.88. The molecule has 0 saturated carbocycles. The fourth-order valence-electron chi connectivity index (χ4n) is 3.33. The van der Waals surface area contributed by atoms with Gasteiger partial charge in [-0.05, 0) is 37.7 Å². The van der Waals surface area contributed by atoms with E-state index >= 15 is 0 Å². The SMILES string of the molecule is NCCCN1CCN(Cc2ccccc2OCCOc2ccccc2)CC1. The van der Waals surface area contributed by atoms with Gasteiger partial charge in [0.1, 0.15) is 24.7 Å². The number of benzene rings is 2. The van der Waals surface area contributed by atoms with Crippen LogP contribution in [0.25, 0.3) is 0 Å². The lowest BCUT2D eigenvalue weighted by Gasteiger charge is -2.34. The van der Waals surface area contributed by atoms with Crippen molar-refractivity contribution in [3.05, 3.63) is 60.2 Å². The lowest BCUT2D eigenvalue weighted by Crippen LogP contribution is -2.46. The number of nitrogens with zero attached hydrogens (tertiary/aromatic N) is 2. The molecule has 0 atom stereocenters. The number of nitrogens with two attached hydrogens (primary N) is 1. The average Bonchev–Trinajstić information content (AvgIpc) is 2.72. The fraction of sp³-hybridized carbons (Fsp3) is 0.455. The molecule has 0 aliphatic carbocycles. The molecule has 3 rings (SSSR count). The van der Waals surface area contributed by atoms with E-state index in [9.17, 15) is 0 Å². The van der Waals surface area contributed by atoms with Crippen molar-refractivity contribution in [3.63, 3.8) is 0 Å². The smallest absolute Gasteiger partial charge is 0.123 e. The molecule has 1 fully saturated rings. The van der Waals surface area contributed by atoms with E-state index in [0.717, 1.165) is 63.7 Å². The third-order valence-corrected chi connectivity index (χ3v) is 4.86. The van der Waals surface area contributed by atoms with E-state index in [2.05, 4.69) is 28.0 Å². The molecule has 0 radical (unpaired) electrons. The van der Waals surface area contributed by atoms with Crippen molar-refractivity contribution in [1.82, 2.24) is 9.80 Å². The van der Waals surface area contributed by atoms with Gasteiger partial charge in [0.05, 0.1) is 0 Å². The monoisotopic (exact) mass is 369 g/mol. The standard InChI is InChI=1S/C22H31N3O2/c23-11-6-12-24-13-15-25(16-14-24)19-20-7-4-5-10-22(20)27-18-17-26-21-8-2-1-3-9-21/h1-5,7-10H,6,11-19,23H2. The zero-order valence-corrected chi connectivity index (χ0v) is 16.1. The summed E-state index contributed by atoms with van der Waals surface area (Å²) in [6.45, 7) is 8.33. The molecule has 2 aromatic carbocycles. The van der Waals surface area contributed by atoms with Gasteiger partial charge >= 0.3 is 0 Å². The van der Waals surface area contributed by atoms with Crippen LogP contribution in [0.1, 0.15) is 12.0 Å². The summed E-state index contributed by atoms with van der Waals surface area (Å²) in [4.78, 5) is 5.01. The Kier molecular flexibility index (Phi) is 7.96. The molecule has 0 aromatic heterocycles. The van der Waals surface area contributed by atoms with E-state index in [0.29, 0.717) is 13.2 Å². The van der Waals surface area contributed by atoms with Crippen molar-refractivity contribution in [3.8, 4) is 11.5 Å². The molecule has 0 unspecified atom stereocenters. The van der Waals surface area contributed by atoms with Crippen LogP contribution in [0, 0.1) is 0 Å². The van der Waals surface area contributed by atoms with Crippen molar-refractivity contribution < 1.29 is 9.47 Å². The van der Waals surface area contributed by atoms with Gasteiger partial charge in [0.15, 0.2) is 0 Å². The molecule has 1 saturated heterocycles. The molecular formula is C22H31N3O2. The quantitative estimate of drug-likeness (QED) is 0.653. The number of para-hydroxylation sites is 2. The van der Waals surface area contributed by atoms with Crippen molar-refractivity contribution >= 4 is 0 Å². The molecule has 1 aliphatic heterocycles. The predicted octanol–water partition coefficient (Wildman–Crippen LogP) is 2.61. The van der Waals surface area contributed by atoms with E-state index in [1.165, 1.54) is 5.56 Å². The summed E-state index contributed by atoms with van der Waals surface area (Å²) in [6.07, 6.45) is 1.09. The Balaban J connectivity index is 1.43. The first-order valence-corrected chi connectivity index (χ1v) is 9.88. The van der Waals surface area contributed by atoms with Gasteiger partial charge in [0, 0.05) is 38.3 Å². The highest BCUT2D eigenvalue weighted by molar-refractivity contribution is 5.33. The van der Waals surface area contributed by atoms with Crippen LogP contribution in [0.15, 0.2) is 54.6 Å².